The summed E-state index contributed by atoms with van der Waals surface area (Å²) in [5.41, 5.74) is 0.688. The maximum Gasteiger partial charge on any atom is 0.243 e. The van der Waals surface area contributed by atoms with Gasteiger partial charge < -0.3 is 9.26 Å². The van der Waals surface area contributed by atoms with E-state index in [0.717, 1.165) is 4.31 Å². The lowest BCUT2D eigenvalue weighted by Crippen LogP contribution is -2.26. The number of sulfonamides is 1. The molecule has 9 heteroatoms. The lowest BCUT2D eigenvalue weighted by Gasteiger charge is -2.15. The minimum Gasteiger partial charge on any atom is -0.497 e. The van der Waals surface area contributed by atoms with Gasteiger partial charge in [0.2, 0.25) is 21.7 Å². The van der Waals surface area contributed by atoms with Crippen LogP contribution >= 0.6 is 11.6 Å². The summed E-state index contributed by atoms with van der Waals surface area (Å²) in [7, 11) is -0.732. The smallest absolute Gasteiger partial charge is 0.243 e. The van der Waals surface area contributed by atoms with Gasteiger partial charge in [0.1, 0.15) is 5.75 Å². The van der Waals surface area contributed by atoms with Crippen molar-refractivity contribution < 1.29 is 17.7 Å². The molecule has 0 radical (unpaired) electrons. The number of ether oxygens (including phenoxy) is 1. The SMILES string of the molecule is COc1ccc(S(=O)(=O)N(C)Cc2nc(-c3cccc(Cl)c3)no2)cc1. The Morgan fingerprint density at radius 1 is 1.19 bits per heavy atom. The van der Waals surface area contributed by atoms with Crippen LogP contribution in [0.4, 0.5) is 0 Å². The molecular formula is C17H16ClN3O4S. The van der Waals surface area contributed by atoms with Crippen LogP contribution in [0, 0.1) is 0 Å². The summed E-state index contributed by atoms with van der Waals surface area (Å²) in [6.07, 6.45) is 0. The van der Waals surface area contributed by atoms with Crippen LogP contribution in [0.15, 0.2) is 57.9 Å². The molecule has 0 atom stereocenters. The minimum atomic E-state index is -3.70. The second-order valence-corrected chi connectivity index (χ2v) is 7.94. The summed E-state index contributed by atoms with van der Waals surface area (Å²) in [6.45, 7) is -0.0536. The molecule has 3 aromatic rings. The van der Waals surface area contributed by atoms with Gasteiger partial charge in [-0.2, -0.15) is 9.29 Å². The summed E-state index contributed by atoms with van der Waals surface area (Å²) >= 11 is 5.95. The number of halogens is 1. The quantitative estimate of drug-likeness (QED) is 0.639. The molecule has 7 nitrogen and oxygen atoms in total. The Labute approximate surface area is 156 Å². The van der Waals surface area contributed by atoms with E-state index in [1.807, 2.05) is 0 Å². The van der Waals surface area contributed by atoms with Crippen molar-refractivity contribution in [1.82, 2.24) is 14.4 Å². The monoisotopic (exact) mass is 393 g/mol. The molecular weight excluding hydrogens is 378 g/mol. The zero-order chi connectivity index (χ0) is 18.7. The van der Waals surface area contributed by atoms with Gasteiger partial charge in [-0.25, -0.2) is 8.42 Å². The lowest BCUT2D eigenvalue weighted by molar-refractivity contribution is 0.336. The van der Waals surface area contributed by atoms with Gasteiger partial charge >= 0.3 is 0 Å². The third-order valence-electron chi connectivity index (χ3n) is 3.68. The minimum absolute atomic E-state index is 0.0536. The van der Waals surface area contributed by atoms with Crippen molar-refractivity contribution in [2.45, 2.75) is 11.4 Å². The molecule has 2 aromatic carbocycles. The number of aromatic nitrogens is 2. The van der Waals surface area contributed by atoms with E-state index in [0.29, 0.717) is 22.2 Å². The Hall–Kier alpha value is -2.42. The molecule has 0 N–H and O–H groups in total. The van der Waals surface area contributed by atoms with Crippen molar-refractivity contribution in [2.24, 2.45) is 0 Å². The molecule has 1 heterocycles. The number of benzene rings is 2. The Morgan fingerprint density at radius 2 is 1.92 bits per heavy atom. The average molecular weight is 394 g/mol. The fourth-order valence-electron chi connectivity index (χ4n) is 2.27. The largest absolute Gasteiger partial charge is 0.497 e. The predicted molar refractivity (Wildman–Crippen MR) is 96.4 cm³/mol. The zero-order valence-corrected chi connectivity index (χ0v) is 15.7. The van der Waals surface area contributed by atoms with Gasteiger partial charge in [0.05, 0.1) is 18.6 Å². The van der Waals surface area contributed by atoms with E-state index in [1.54, 1.807) is 36.4 Å². The molecule has 0 unspecified atom stereocenters. The van der Waals surface area contributed by atoms with Crippen molar-refractivity contribution in [2.75, 3.05) is 14.2 Å². The Kier molecular flexibility index (Phi) is 5.26. The Morgan fingerprint density at radius 3 is 2.58 bits per heavy atom. The van der Waals surface area contributed by atoms with Crippen LogP contribution in [0.5, 0.6) is 5.75 Å². The normalized spacial score (nSPS) is 11.7. The van der Waals surface area contributed by atoms with Crippen molar-refractivity contribution in [3.8, 4) is 17.1 Å². The molecule has 0 spiro atoms. The Balaban J connectivity index is 1.78. The van der Waals surface area contributed by atoms with Crippen LogP contribution < -0.4 is 4.74 Å². The topological polar surface area (TPSA) is 85.5 Å². The van der Waals surface area contributed by atoms with E-state index in [2.05, 4.69) is 10.1 Å². The highest BCUT2D eigenvalue weighted by molar-refractivity contribution is 7.89. The summed E-state index contributed by atoms with van der Waals surface area (Å²) in [4.78, 5) is 4.38. The van der Waals surface area contributed by atoms with Gasteiger partial charge in [-0.1, -0.05) is 28.9 Å². The van der Waals surface area contributed by atoms with Crippen LogP contribution in [0.2, 0.25) is 5.02 Å². The van der Waals surface area contributed by atoms with E-state index in [9.17, 15) is 8.42 Å². The van der Waals surface area contributed by atoms with Crippen molar-refractivity contribution in [1.29, 1.82) is 0 Å². The van der Waals surface area contributed by atoms with E-state index < -0.39 is 10.0 Å². The molecule has 3 rings (SSSR count). The summed E-state index contributed by atoms with van der Waals surface area (Å²) in [5, 5.41) is 4.42. The molecule has 0 bridgehead atoms. The van der Waals surface area contributed by atoms with E-state index in [4.69, 9.17) is 20.9 Å². The van der Waals surface area contributed by atoms with E-state index in [-0.39, 0.29) is 17.3 Å². The maximum absolute atomic E-state index is 12.6. The van der Waals surface area contributed by atoms with Crippen molar-refractivity contribution in [3.05, 3.63) is 59.4 Å². The van der Waals surface area contributed by atoms with Gasteiger partial charge in [0.25, 0.3) is 0 Å². The van der Waals surface area contributed by atoms with E-state index in [1.165, 1.54) is 26.3 Å². The molecule has 0 saturated carbocycles. The van der Waals surface area contributed by atoms with Crippen LogP contribution in [0.25, 0.3) is 11.4 Å². The summed E-state index contributed by atoms with van der Waals surface area (Å²) in [6, 6.07) is 13.1. The fraction of sp³-hybridized carbons (Fsp3) is 0.176. The molecule has 0 aliphatic carbocycles. The van der Waals surface area contributed by atoms with Gasteiger partial charge in [0.15, 0.2) is 0 Å². The fourth-order valence-corrected chi connectivity index (χ4v) is 3.58. The van der Waals surface area contributed by atoms with Crippen molar-refractivity contribution >= 4 is 21.6 Å². The number of methoxy groups -OCH3 is 1. The number of rotatable bonds is 6. The lowest BCUT2D eigenvalue weighted by atomic mass is 10.2. The van der Waals surface area contributed by atoms with Crippen LogP contribution in [-0.4, -0.2) is 37.0 Å². The molecule has 26 heavy (non-hydrogen) atoms. The van der Waals surface area contributed by atoms with E-state index >= 15 is 0 Å². The summed E-state index contributed by atoms with van der Waals surface area (Å²) < 4.78 is 36.6. The molecule has 136 valence electrons. The van der Waals surface area contributed by atoms with Crippen LogP contribution in [0.1, 0.15) is 5.89 Å². The molecule has 0 aliphatic heterocycles. The second-order valence-electron chi connectivity index (χ2n) is 5.46. The van der Waals surface area contributed by atoms with Gasteiger partial charge in [-0.05, 0) is 36.4 Å². The van der Waals surface area contributed by atoms with Gasteiger partial charge in [-0.15, -0.1) is 0 Å². The zero-order valence-electron chi connectivity index (χ0n) is 14.1. The summed E-state index contributed by atoms with van der Waals surface area (Å²) in [5.74, 6) is 1.10. The van der Waals surface area contributed by atoms with Gasteiger partial charge in [-0.3, -0.25) is 0 Å². The highest BCUT2D eigenvalue weighted by Crippen LogP contribution is 2.22. The number of hydrogen-bond acceptors (Lipinski definition) is 6. The third-order valence-corrected chi connectivity index (χ3v) is 5.73. The maximum atomic E-state index is 12.6. The number of nitrogens with zero attached hydrogens (tertiary/aromatic N) is 3. The molecule has 0 aliphatic rings. The number of hydrogen-bond donors (Lipinski definition) is 0. The van der Waals surface area contributed by atoms with Crippen LogP contribution in [0.3, 0.4) is 0 Å². The predicted octanol–water partition coefficient (Wildman–Crippen LogP) is 3.22. The molecule has 1 aromatic heterocycles. The Bertz CT molecular complexity index is 1000. The standard InChI is InChI=1S/C17H16ClN3O4S/c1-21(26(22,23)15-8-6-14(24-2)7-9-15)11-16-19-17(20-25-16)12-4-3-5-13(18)10-12/h3-10H,11H2,1-2H3. The first-order valence-electron chi connectivity index (χ1n) is 7.59. The first-order valence-corrected chi connectivity index (χ1v) is 9.41. The molecule has 0 fully saturated rings. The highest BCUT2D eigenvalue weighted by atomic mass is 35.5. The first kappa shape index (κ1) is 18.4. The van der Waals surface area contributed by atoms with Crippen LogP contribution in [-0.2, 0) is 16.6 Å². The first-order chi connectivity index (χ1) is 12.4. The third kappa shape index (κ3) is 3.87. The second kappa shape index (κ2) is 7.45. The molecule has 0 amide bonds. The van der Waals surface area contributed by atoms with Gasteiger partial charge in [0, 0.05) is 17.6 Å². The highest BCUT2D eigenvalue weighted by Gasteiger charge is 2.23. The van der Waals surface area contributed by atoms with Crippen molar-refractivity contribution in [3.63, 3.8) is 0 Å². The molecule has 0 saturated heterocycles. The average Bonchev–Trinajstić information content (AvgIpc) is 3.10.